The van der Waals surface area contributed by atoms with Crippen LogP contribution in [0.2, 0.25) is 0 Å². The average Bonchev–Trinajstić information content (AvgIpc) is 3.37. The van der Waals surface area contributed by atoms with Crippen LogP contribution in [0.5, 0.6) is 0 Å². The lowest BCUT2D eigenvalue weighted by molar-refractivity contribution is -0.158. The first kappa shape index (κ1) is 31.0. The molecule has 4 aromatic rings. The topological polar surface area (TPSA) is 88.2 Å². The molecule has 2 fully saturated rings. The van der Waals surface area contributed by atoms with Crippen LogP contribution in [-0.4, -0.2) is 76.0 Å². The molecule has 4 amide bonds. The summed E-state index contributed by atoms with van der Waals surface area (Å²) in [5.41, 5.74) is 3.67. The Morgan fingerprint density at radius 2 is 1.63 bits per heavy atom. The number of urea groups is 1. The van der Waals surface area contributed by atoms with Crippen LogP contribution in [0, 0.1) is 5.82 Å². The number of nitrogens with one attached hydrogen (secondary N) is 2. The van der Waals surface area contributed by atoms with E-state index in [-0.39, 0.29) is 49.3 Å². The third-order valence-corrected chi connectivity index (χ3v) is 8.81. The van der Waals surface area contributed by atoms with Crippen LogP contribution >= 0.6 is 0 Å². The molecule has 10 heteroatoms. The van der Waals surface area contributed by atoms with Crippen molar-refractivity contribution in [3.8, 4) is 0 Å². The van der Waals surface area contributed by atoms with E-state index in [4.69, 9.17) is 0 Å². The first-order chi connectivity index (χ1) is 22.2. The fraction of sp³-hybridized carbons (Fsp3) is 0.306. The van der Waals surface area contributed by atoms with Crippen molar-refractivity contribution in [2.24, 2.45) is 0 Å². The zero-order chi connectivity index (χ0) is 32.4. The van der Waals surface area contributed by atoms with Gasteiger partial charge in [-0.25, -0.2) is 9.18 Å². The van der Waals surface area contributed by atoms with Crippen LogP contribution < -0.4 is 10.6 Å². The third kappa shape index (κ3) is 6.25. The monoisotopic (exact) mass is 622 g/mol. The molecule has 2 aliphatic rings. The zero-order valence-electron chi connectivity index (χ0n) is 26.3. The molecular formula is C36H39FN6O3. The van der Waals surface area contributed by atoms with Gasteiger partial charge in [-0.15, -0.1) is 0 Å². The van der Waals surface area contributed by atoms with Crippen molar-refractivity contribution in [2.45, 2.75) is 51.6 Å². The highest BCUT2D eigenvalue weighted by molar-refractivity contribution is 5.92. The van der Waals surface area contributed by atoms with Gasteiger partial charge in [-0.1, -0.05) is 66.7 Å². The number of anilines is 1. The minimum atomic E-state index is -0.733. The molecule has 2 heterocycles. The number of benzene rings is 4. The highest BCUT2D eigenvalue weighted by Gasteiger charge is 2.52. The van der Waals surface area contributed by atoms with Gasteiger partial charge in [0.15, 0.2) is 0 Å². The number of hydrogen-bond acceptors (Lipinski definition) is 5. The van der Waals surface area contributed by atoms with Crippen molar-refractivity contribution in [3.05, 3.63) is 114 Å². The lowest BCUT2D eigenvalue weighted by Crippen LogP contribution is -2.66. The van der Waals surface area contributed by atoms with Crippen molar-refractivity contribution in [3.63, 3.8) is 0 Å². The first-order valence-electron chi connectivity index (χ1n) is 15.6. The summed E-state index contributed by atoms with van der Waals surface area (Å²) in [5, 5.41) is 11.6. The number of piperazine rings is 1. The summed E-state index contributed by atoms with van der Waals surface area (Å²) in [5.74, 6) is -0.659. The molecule has 0 bridgehead atoms. The number of nitrogens with zero attached hydrogens (tertiary/aromatic N) is 4. The van der Waals surface area contributed by atoms with Gasteiger partial charge < -0.3 is 20.4 Å². The van der Waals surface area contributed by atoms with Crippen molar-refractivity contribution in [1.82, 2.24) is 25.1 Å². The maximum atomic E-state index is 14.3. The van der Waals surface area contributed by atoms with E-state index in [9.17, 15) is 18.8 Å². The molecule has 46 heavy (non-hydrogen) atoms. The Hall–Kier alpha value is -4.96. The quantitative estimate of drug-likeness (QED) is 0.275. The maximum absolute atomic E-state index is 14.3. The lowest BCUT2D eigenvalue weighted by Gasteiger charge is -2.47. The molecule has 4 aromatic carbocycles. The summed E-state index contributed by atoms with van der Waals surface area (Å²) in [6, 6.07) is 26.6. The van der Waals surface area contributed by atoms with Gasteiger partial charge in [-0.3, -0.25) is 14.6 Å². The van der Waals surface area contributed by atoms with Crippen molar-refractivity contribution in [1.29, 1.82) is 0 Å². The molecule has 2 aliphatic heterocycles. The molecule has 2 N–H and O–H groups in total. The van der Waals surface area contributed by atoms with Crippen LogP contribution in [0.15, 0.2) is 91.0 Å². The summed E-state index contributed by atoms with van der Waals surface area (Å²) in [4.78, 5) is 45.3. The largest absolute Gasteiger partial charge is 0.388 e. The molecule has 238 valence electrons. The Morgan fingerprint density at radius 1 is 0.935 bits per heavy atom. The standard InChI is InChI=1S/C36H39FN6O3/c1-24(2)43(36(46)39-20-26-11-15-29(37)16-12-26)41-23-34(44)42-32(19-25-13-17-30(38-3)18-14-25)35(45)40(22-33(41)42)21-28-9-6-8-27-7-4-5-10-31(27)28/h4-18,24,32-33,38H,19-23H2,1-3H3,(H,39,46)/t32-,33?/m0/s1. The van der Waals surface area contributed by atoms with E-state index < -0.39 is 12.2 Å². The van der Waals surface area contributed by atoms with Gasteiger partial charge in [0.25, 0.3) is 0 Å². The van der Waals surface area contributed by atoms with Crippen molar-refractivity contribution < 1.29 is 18.8 Å². The van der Waals surface area contributed by atoms with E-state index in [0.29, 0.717) is 13.0 Å². The molecule has 1 unspecified atom stereocenters. The van der Waals surface area contributed by atoms with Gasteiger partial charge in [-0.2, -0.15) is 5.01 Å². The van der Waals surface area contributed by atoms with Gasteiger partial charge in [0.05, 0.1) is 13.1 Å². The predicted octanol–water partition coefficient (Wildman–Crippen LogP) is 4.98. The second-order valence-corrected chi connectivity index (χ2v) is 12.1. The summed E-state index contributed by atoms with van der Waals surface area (Å²) in [6.07, 6.45) is -0.190. The predicted molar refractivity (Wildman–Crippen MR) is 176 cm³/mol. The molecule has 0 aromatic heterocycles. The second kappa shape index (κ2) is 13.2. The van der Waals surface area contributed by atoms with Crippen molar-refractivity contribution >= 4 is 34.3 Å². The van der Waals surface area contributed by atoms with E-state index in [2.05, 4.69) is 28.8 Å². The number of amides is 4. The van der Waals surface area contributed by atoms with E-state index in [1.807, 2.05) is 74.3 Å². The Balaban J connectivity index is 1.31. The van der Waals surface area contributed by atoms with Crippen LogP contribution in [0.25, 0.3) is 10.8 Å². The first-order valence-corrected chi connectivity index (χ1v) is 15.6. The Bertz CT molecular complexity index is 1720. The highest BCUT2D eigenvalue weighted by Crippen LogP contribution is 2.32. The molecule has 0 radical (unpaired) electrons. The third-order valence-electron chi connectivity index (χ3n) is 8.81. The lowest BCUT2D eigenvalue weighted by atomic mass is 9.98. The Morgan fingerprint density at radius 3 is 2.35 bits per heavy atom. The fourth-order valence-electron chi connectivity index (χ4n) is 6.54. The molecule has 2 atom stereocenters. The highest BCUT2D eigenvalue weighted by atomic mass is 19.1. The number of rotatable bonds is 9. The number of halogens is 1. The smallest absolute Gasteiger partial charge is 0.332 e. The molecule has 0 aliphatic carbocycles. The Labute approximate surface area is 268 Å². The van der Waals surface area contributed by atoms with Crippen LogP contribution in [0.1, 0.15) is 30.5 Å². The van der Waals surface area contributed by atoms with Gasteiger partial charge in [0.2, 0.25) is 11.8 Å². The summed E-state index contributed by atoms with van der Waals surface area (Å²) in [6.45, 7) is 4.59. The van der Waals surface area contributed by atoms with Crippen LogP contribution in [-0.2, 0) is 29.1 Å². The molecule has 0 saturated carbocycles. The van der Waals surface area contributed by atoms with Crippen LogP contribution in [0.3, 0.4) is 0 Å². The van der Waals surface area contributed by atoms with E-state index in [0.717, 1.165) is 33.2 Å². The minimum absolute atomic E-state index is 0.0304. The SMILES string of the molecule is CNc1ccc(C[C@H]2C(=O)N(Cc3cccc4ccccc34)CC3N2C(=O)CN3N(C(=O)NCc2ccc(F)cc2)C(C)C)cc1. The Kier molecular flexibility index (Phi) is 8.90. The molecule has 2 saturated heterocycles. The molecule has 6 rings (SSSR count). The fourth-order valence-corrected chi connectivity index (χ4v) is 6.54. The minimum Gasteiger partial charge on any atom is -0.388 e. The number of fused-ring (bicyclic) bond motifs is 2. The number of carbonyl (C=O) groups is 3. The van der Waals surface area contributed by atoms with E-state index >= 15 is 0 Å². The summed E-state index contributed by atoms with van der Waals surface area (Å²) < 4.78 is 13.4. The molecule has 0 spiro atoms. The van der Waals surface area contributed by atoms with Gasteiger partial charge in [0, 0.05) is 38.3 Å². The number of hydrazine groups is 1. The molecule has 9 nitrogen and oxygen atoms in total. The molecular weight excluding hydrogens is 583 g/mol. The van der Waals surface area contributed by atoms with E-state index in [1.54, 1.807) is 27.1 Å². The summed E-state index contributed by atoms with van der Waals surface area (Å²) in [7, 11) is 1.85. The maximum Gasteiger partial charge on any atom is 0.332 e. The number of carbonyl (C=O) groups excluding carboxylic acids is 3. The van der Waals surface area contributed by atoms with Crippen molar-refractivity contribution in [2.75, 3.05) is 25.5 Å². The van der Waals surface area contributed by atoms with Gasteiger partial charge in [0.1, 0.15) is 18.0 Å². The number of hydrogen-bond donors (Lipinski definition) is 2. The normalized spacial score (nSPS) is 18.3. The van der Waals surface area contributed by atoms with Gasteiger partial charge in [-0.05, 0) is 65.6 Å². The van der Waals surface area contributed by atoms with Gasteiger partial charge >= 0.3 is 6.03 Å². The average molecular weight is 623 g/mol. The zero-order valence-corrected chi connectivity index (χ0v) is 26.3. The van der Waals surface area contributed by atoms with Crippen LogP contribution in [0.4, 0.5) is 14.9 Å². The summed E-state index contributed by atoms with van der Waals surface area (Å²) >= 11 is 0. The van der Waals surface area contributed by atoms with E-state index in [1.165, 1.54) is 12.1 Å². The second-order valence-electron chi connectivity index (χ2n) is 12.1.